The molecule has 0 bridgehead atoms. The monoisotopic (exact) mass is 324 g/mol. The van der Waals surface area contributed by atoms with E-state index in [1.807, 2.05) is 25.7 Å². The molecule has 5 nitrogen and oxygen atoms in total. The molecule has 0 aromatic heterocycles. The quantitative estimate of drug-likeness (QED) is 0.578. The van der Waals surface area contributed by atoms with Gasteiger partial charge in [0, 0.05) is 19.0 Å². The molecule has 132 valence electrons. The Bertz CT molecular complexity index is 398. The van der Waals surface area contributed by atoms with Crippen LogP contribution in [0.3, 0.4) is 0 Å². The van der Waals surface area contributed by atoms with Gasteiger partial charge in [-0.15, -0.1) is 12.3 Å². The Balaban J connectivity index is 2.42. The highest BCUT2D eigenvalue weighted by Gasteiger charge is 2.31. The average molecular weight is 324 g/mol. The SMILES string of the molecule is C#CCCCCNC(C)CC1COCCN1C(=O)OC(C)(C)C. The van der Waals surface area contributed by atoms with E-state index in [0.29, 0.717) is 25.8 Å². The van der Waals surface area contributed by atoms with Crippen molar-refractivity contribution in [2.24, 2.45) is 0 Å². The number of hydrogen-bond acceptors (Lipinski definition) is 4. The van der Waals surface area contributed by atoms with Crippen LogP contribution in [0.4, 0.5) is 4.79 Å². The van der Waals surface area contributed by atoms with Crippen LogP contribution in [0.15, 0.2) is 0 Å². The summed E-state index contributed by atoms with van der Waals surface area (Å²) in [7, 11) is 0. The van der Waals surface area contributed by atoms with Crippen LogP contribution in [-0.2, 0) is 9.47 Å². The molecule has 1 saturated heterocycles. The molecule has 0 aromatic carbocycles. The molecule has 2 atom stereocenters. The van der Waals surface area contributed by atoms with Gasteiger partial charge in [-0.1, -0.05) is 0 Å². The van der Waals surface area contributed by atoms with Gasteiger partial charge in [-0.25, -0.2) is 4.79 Å². The third-order valence-electron chi connectivity index (χ3n) is 3.72. The summed E-state index contributed by atoms with van der Waals surface area (Å²) in [6, 6.07) is 0.379. The van der Waals surface area contributed by atoms with Crippen LogP contribution in [-0.4, -0.2) is 55.0 Å². The number of terminal acetylenes is 1. The van der Waals surface area contributed by atoms with E-state index in [4.69, 9.17) is 15.9 Å². The van der Waals surface area contributed by atoms with Crippen molar-refractivity contribution in [2.75, 3.05) is 26.3 Å². The standard InChI is InChI=1S/C18H32N2O3/c1-6-7-8-9-10-19-15(2)13-16-14-22-12-11-20(16)17(21)23-18(3,4)5/h1,15-16,19H,7-14H2,2-5H3. The Morgan fingerprint density at radius 2 is 2.22 bits per heavy atom. The van der Waals surface area contributed by atoms with E-state index in [1.165, 1.54) is 0 Å². The predicted octanol–water partition coefficient (Wildman–Crippen LogP) is 2.79. The van der Waals surface area contributed by atoms with Gasteiger partial charge in [0.05, 0.1) is 19.3 Å². The Morgan fingerprint density at radius 3 is 2.87 bits per heavy atom. The number of nitrogens with zero attached hydrogens (tertiary/aromatic N) is 1. The zero-order chi connectivity index (χ0) is 17.3. The molecule has 1 amide bonds. The molecule has 1 aliphatic heterocycles. The van der Waals surface area contributed by atoms with E-state index in [2.05, 4.69) is 18.2 Å². The van der Waals surface area contributed by atoms with Crippen LogP contribution in [0.2, 0.25) is 0 Å². The Kier molecular flexibility index (Phi) is 8.43. The molecule has 23 heavy (non-hydrogen) atoms. The van der Waals surface area contributed by atoms with E-state index >= 15 is 0 Å². The van der Waals surface area contributed by atoms with Crippen molar-refractivity contribution in [3.8, 4) is 12.3 Å². The molecule has 0 radical (unpaired) electrons. The van der Waals surface area contributed by atoms with Gasteiger partial charge in [0.1, 0.15) is 5.60 Å². The van der Waals surface area contributed by atoms with Crippen LogP contribution < -0.4 is 5.32 Å². The van der Waals surface area contributed by atoms with Crippen molar-refractivity contribution >= 4 is 6.09 Å². The minimum absolute atomic E-state index is 0.0619. The van der Waals surface area contributed by atoms with Crippen molar-refractivity contribution in [2.45, 2.75) is 71.1 Å². The maximum absolute atomic E-state index is 12.3. The molecule has 1 heterocycles. The lowest BCUT2D eigenvalue weighted by Crippen LogP contribution is -2.52. The molecular formula is C18H32N2O3. The fourth-order valence-corrected chi connectivity index (χ4v) is 2.60. The Labute approximate surface area is 141 Å². The van der Waals surface area contributed by atoms with Crippen molar-refractivity contribution in [3.05, 3.63) is 0 Å². The molecule has 0 aliphatic carbocycles. The number of hydrogen-bond donors (Lipinski definition) is 1. The second-order valence-electron chi connectivity index (χ2n) is 7.15. The van der Waals surface area contributed by atoms with Crippen molar-refractivity contribution in [3.63, 3.8) is 0 Å². The van der Waals surface area contributed by atoms with E-state index in [0.717, 1.165) is 32.2 Å². The summed E-state index contributed by atoms with van der Waals surface area (Å²) in [5.74, 6) is 2.66. The zero-order valence-corrected chi connectivity index (χ0v) is 15.1. The molecule has 1 rings (SSSR count). The molecule has 2 unspecified atom stereocenters. The van der Waals surface area contributed by atoms with Crippen LogP contribution >= 0.6 is 0 Å². The number of rotatable bonds is 7. The molecule has 1 aliphatic rings. The fraction of sp³-hybridized carbons (Fsp3) is 0.833. The summed E-state index contributed by atoms with van der Waals surface area (Å²) in [6.45, 7) is 10.5. The third kappa shape index (κ3) is 8.24. The molecule has 5 heteroatoms. The Hall–Kier alpha value is -1.25. The lowest BCUT2D eigenvalue weighted by molar-refractivity contribution is -0.0355. The van der Waals surface area contributed by atoms with E-state index in [1.54, 1.807) is 0 Å². The number of morpholine rings is 1. The highest BCUT2D eigenvalue weighted by molar-refractivity contribution is 5.68. The predicted molar refractivity (Wildman–Crippen MR) is 92.3 cm³/mol. The summed E-state index contributed by atoms with van der Waals surface area (Å²) in [5.41, 5.74) is -0.471. The first kappa shape index (κ1) is 19.8. The first-order valence-corrected chi connectivity index (χ1v) is 8.57. The van der Waals surface area contributed by atoms with Crippen molar-refractivity contribution in [1.82, 2.24) is 10.2 Å². The van der Waals surface area contributed by atoms with E-state index in [9.17, 15) is 4.79 Å². The summed E-state index contributed by atoms with van der Waals surface area (Å²) in [6.07, 6.45) is 8.82. The molecule has 0 spiro atoms. The Morgan fingerprint density at radius 1 is 1.48 bits per heavy atom. The van der Waals surface area contributed by atoms with Gasteiger partial charge in [-0.2, -0.15) is 0 Å². The fourth-order valence-electron chi connectivity index (χ4n) is 2.60. The van der Waals surface area contributed by atoms with Crippen LogP contribution in [0, 0.1) is 12.3 Å². The minimum Gasteiger partial charge on any atom is -0.444 e. The largest absolute Gasteiger partial charge is 0.444 e. The maximum atomic E-state index is 12.3. The van der Waals surface area contributed by atoms with Crippen LogP contribution in [0.25, 0.3) is 0 Å². The van der Waals surface area contributed by atoms with Gasteiger partial charge >= 0.3 is 6.09 Å². The van der Waals surface area contributed by atoms with Crippen LogP contribution in [0.1, 0.15) is 53.4 Å². The number of amides is 1. The van der Waals surface area contributed by atoms with Gasteiger partial charge < -0.3 is 19.7 Å². The normalized spacial score (nSPS) is 20.0. The molecular weight excluding hydrogens is 292 g/mol. The average Bonchev–Trinajstić information content (AvgIpc) is 2.45. The summed E-state index contributed by atoms with van der Waals surface area (Å²) in [5, 5.41) is 3.49. The number of nitrogens with one attached hydrogen (secondary N) is 1. The van der Waals surface area contributed by atoms with E-state index < -0.39 is 5.60 Å². The zero-order valence-electron chi connectivity index (χ0n) is 15.1. The first-order chi connectivity index (χ1) is 10.8. The van der Waals surface area contributed by atoms with Crippen LogP contribution in [0.5, 0.6) is 0 Å². The second-order valence-corrected chi connectivity index (χ2v) is 7.15. The van der Waals surface area contributed by atoms with E-state index in [-0.39, 0.29) is 12.1 Å². The number of carbonyl (C=O) groups excluding carboxylic acids is 1. The minimum atomic E-state index is -0.471. The lowest BCUT2D eigenvalue weighted by atomic mass is 10.1. The molecule has 1 fully saturated rings. The second kappa shape index (κ2) is 9.79. The van der Waals surface area contributed by atoms with Crippen molar-refractivity contribution < 1.29 is 14.3 Å². The molecule has 1 N–H and O–H groups in total. The summed E-state index contributed by atoms with van der Waals surface area (Å²) >= 11 is 0. The van der Waals surface area contributed by atoms with Gasteiger partial charge in [-0.05, 0) is 53.5 Å². The lowest BCUT2D eigenvalue weighted by Gasteiger charge is -2.37. The number of ether oxygens (including phenoxy) is 2. The number of unbranched alkanes of at least 4 members (excludes halogenated alkanes) is 2. The smallest absolute Gasteiger partial charge is 0.410 e. The van der Waals surface area contributed by atoms with Crippen molar-refractivity contribution in [1.29, 1.82) is 0 Å². The topological polar surface area (TPSA) is 50.8 Å². The molecule has 0 saturated carbocycles. The third-order valence-corrected chi connectivity index (χ3v) is 3.72. The summed E-state index contributed by atoms with van der Waals surface area (Å²) in [4.78, 5) is 14.2. The maximum Gasteiger partial charge on any atom is 0.410 e. The van der Waals surface area contributed by atoms with Gasteiger partial charge in [0.15, 0.2) is 0 Å². The van der Waals surface area contributed by atoms with Gasteiger partial charge in [-0.3, -0.25) is 0 Å². The highest BCUT2D eigenvalue weighted by atomic mass is 16.6. The summed E-state index contributed by atoms with van der Waals surface area (Å²) < 4.78 is 11.1. The number of carbonyl (C=O) groups is 1. The molecule has 0 aromatic rings. The van der Waals surface area contributed by atoms with Gasteiger partial charge in [0.2, 0.25) is 0 Å². The van der Waals surface area contributed by atoms with Gasteiger partial charge in [0.25, 0.3) is 0 Å². The highest BCUT2D eigenvalue weighted by Crippen LogP contribution is 2.17. The first-order valence-electron chi connectivity index (χ1n) is 8.57.